The minimum absolute atomic E-state index is 0.298. The molecule has 0 bridgehead atoms. The molecule has 0 radical (unpaired) electrons. The van der Waals surface area contributed by atoms with E-state index in [0.29, 0.717) is 11.5 Å². The first kappa shape index (κ1) is 11.7. The number of rotatable bonds is 5. The first-order valence-electron chi connectivity index (χ1n) is 4.98. The fourth-order valence-electron chi connectivity index (χ4n) is 1.95. The molecule has 0 saturated heterocycles. The average molecular weight is 169 g/mol. The zero-order valence-electron chi connectivity index (χ0n) is 9.15. The van der Waals surface area contributed by atoms with Crippen LogP contribution in [0.15, 0.2) is 12.2 Å². The van der Waals surface area contributed by atoms with Gasteiger partial charge in [-0.1, -0.05) is 32.9 Å². The maximum Gasteiger partial charge on any atom is 0.0233 e. The second-order valence-electron chi connectivity index (χ2n) is 3.43. The van der Waals surface area contributed by atoms with E-state index in [-0.39, 0.29) is 0 Å². The molecule has 0 aliphatic carbocycles. The highest BCUT2D eigenvalue weighted by Gasteiger charge is 2.28. The molecule has 0 aromatic carbocycles. The van der Waals surface area contributed by atoms with E-state index in [1.54, 1.807) is 0 Å². The van der Waals surface area contributed by atoms with Crippen LogP contribution in [-0.2, 0) is 0 Å². The van der Waals surface area contributed by atoms with E-state index in [1.807, 2.05) is 0 Å². The predicted octanol–water partition coefficient (Wildman–Crippen LogP) is 2.98. The smallest absolute Gasteiger partial charge is 0.0233 e. The summed E-state index contributed by atoms with van der Waals surface area (Å²) in [5.74, 6) is 0.613. The quantitative estimate of drug-likeness (QED) is 0.624. The Morgan fingerprint density at radius 3 is 2.08 bits per heavy atom. The van der Waals surface area contributed by atoms with Crippen molar-refractivity contribution in [1.29, 1.82) is 0 Å². The fourth-order valence-corrected chi connectivity index (χ4v) is 1.95. The molecule has 0 aromatic rings. The maximum absolute atomic E-state index is 3.45. The highest BCUT2D eigenvalue weighted by molar-refractivity contribution is 4.99. The van der Waals surface area contributed by atoms with Gasteiger partial charge in [-0.15, -0.1) is 0 Å². The second-order valence-corrected chi connectivity index (χ2v) is 3.43. The zero-order chi connectivity index (χ0) is 9.61. The summed E-state index contributed by atoms with van der Waals surface area (Å²) in [5.41, 5.74) is 0.298. The molecular weight excluding hydrogens is 146 g/mol. The lowest BCUT2D eigenvalue weighted by Crippen LogP contribution is -2.46. The van der Waals surface area contributed by atoms with Crippen molar-refractivity contribution < 1.29 is 0 Å². The van der Waals surface area contributed by atoms with Crippen LogP contribution in [0.5, 0.6) is 0 Å². The molecule has 0 aliphatic heterocycles. The third kappa shape index (κ3) is 2.34. The summed E-state index contributed by atoms with van der Waals surface area (Å²) in [5, 5.41) is 3.45. The third-order valence-corrected chi connectivity index (χ3v) is 3.11. The molecule has 1 heteroatoms. The molecular formula is C11H23N. The van der Waals surface area contributed by atoms with Gasteiger partial charge in [0.1, 0.15) is 0 Å². The lowest BCUT2D eigenvalue weighted by molar-refractivity contribution is 0.256. The average Bonchev–Trinajstić information content (AvgIpc) is 2.09. The van der Waals surface area contributed by atoms with Crippen molar-refractivity contribution in [3.05, 3.63) is 12.2 Å². The van der Waals surface area contributed by atoms with Crippen molar-refractivity contribution in [3.63, 3.8) is 0 Å². The first-order chi connectivity index (χ1) is 5.66. The summed E-state index contributed by atoms with van der Waals surface area (Å²) in [6.07, 6.45) is 6.79. The van der Waals surface area contributed by atoms with Gasteiger partial charge < -0.3 is 5.32 Å². The summed E-state index contributed by atoms with van der Waals surface area (Å²) < 4.78 is 0. The number of nitrogens with one attached hydrogen (secondary N) is 1. The Labute approximate surface area is 77.2 Å². The van der Waals surface area contributed by atoms with Crippen LogP contribution in [0.4, 0.5) is 0 Å². The molecule has 0 spiro atoms. The van der Waals surface area contributed by atoms with Gasteiger partial charge in [-0.05, 0) is 32.7 Å². The minimum Gasteiger partial charge on any atom is -0.314 e. The van der Waals surface area contributed by atoms with Gasteiger partial charge in [0.15, 0.2) is 0 Å². The lowest BCUT2D eigenvalue weighted by atomic mass is 9.80. The zero-order valence-corrected chi connectivity index (χ0v) is 9.15. The van der Waals surface area contributed by atoms with Crippen molar-refractivity contribution in [1.82, 2.24) is 5.32 Å². The fraction of sp³-hybridized carbons (Fsp3) is 0.818. The minimum atomic E-state index is 0.298. The Morgan fingerprint density at radius 1 is 1.33 bits per heavy atom. The van der Waals surface area contributed by atoms with E-state index in [9.17, 15) is 0 Å². The van der Waals surface area contributed by atoms with Crippen molar-refractivity contribution in [3.8, 4) is 0 Å². The van der Waals surface area contributed by atoms with Crippen molar-refractivity contribution in [2.75, 3.05) is 7.05 Å². The van der Waals surface area contributed by atoms with Crippen molar-refractivity contribution in [2.45, 2.75) is 46.1 Å². The standard InChI is InChI=1S/C11H23N/c1-6-9-10(4)11(7-2,8-3)12-5/h6,9-10,12H,7-8H2,1-5H3/b9-6-. The van der Waals surface area contributed by atoms with E-state index >= 15 is 0 Å². The van der Waals surface area contributed by atoms with Gasteiger partial charge in [0.25, 0.3) is 0 Å². The molecule has 0 aromatic heterocycles. The predicted molar refractivity (Wildman–Crippen MR) is 56.4 cm³/mol. The SMILES string of the molecule is C/C=C\C(C)C(CC)(CC)NC. The van der Waals surface area contributed by atoms with E-state index < -0.39 is 0 Å². The molecule has 12 heavy (non-hydrogen) atoms. The topological polar surface area (TPSA) is 12.0 Å². The van der Waals surface area contributed by atoms with Gasteiger partial charge in [0, 0.05) is 5.54 Å². The highest BCUT2D eigenvalue weighted by atomic mass is 14.9. The van der Waals surface area contributed by atoms with Gasteiger partial charge >= 0.3 is 0 Å². The van der Waals surface area contributed by atoms with E-state index in [4.69, 9.17) is 0 Å². The van der Waals surface area contributed by atoms with Gasteiger partial charge in [-0.3, -0.25) is 0 Å². The molecule has 1 atom stereocenters. The van der Waals surface area contributed by atoms with Crippen LogP contribution >= 0.6 is 0 Å². The summed E-state index contributed by atoms with van der Waals surface area (Å²) in [6, 6.07) is 0. The Morgan fingerprint density at radius 2 is 1.83 bits per heavy atom. The molecule has 0 aliphatic rings. The molecule has 0 fully saturated rings. The molecule has 1 unspecified atom stereocenters. The molecule has 0 saturated carbocycles. The summed E-state index contributed by atoms with van der Waals surface area (Å²) in [7, 11) is 2.06. The molecule has 1 N–H and O–H groups in total. The van der Waals surface area contributed by atoms with Crippen LogP contribution < -0.4 is 5.32 Å². The van der Waals surface area contributed by atoms with Crippen LogP contribution in [0.3, 0.4) is 0 Å². The van der Waals surface area contributed by atoms with Gasteiger partial charge in [0.05, 0.1) is 0 Å². The van der Waals surface area contributed by atoms with E-state index in [0.717, 1.165) is 0 Å². The van der Waals surface area contributed by atoms with Crippen molar-refractivity contribution >= 4 is 0 Å². The number of hydrogen-bond donors (Lipinski definition) is 1. The van der Waals surface area contributed by atoms with Crippen LogP contribution in [0.1, 0.15) is 40.5 Å². The Hall–Kier alpha value is -0.300. The Balaban J connectivity index is 4.46. The summed E-state index contributed by atoms with van der Waals surface area (Å²) in [6.45, 7) is 8.87. The Bertz CT molecular complexity index is 126. The van der Waals surface area contributed by atoms with Gasteiger partial charge in [0.2, 0.25) is 0 Å². The third-order valence-electron chi connectivity index (χ3n) is 3.11. The molecule has 0 heterocycles. The first-order valence-corrected chi connectivity index (χ1v) is 4.98. The molecule has 72 valence electrons. The number of allylic oxidation sites excluding steroid dienone is 1. The van der Waals surface area contributed by atoms with E-state index in [1.165, 1.54) is 12.8 Å². The highest BCUT2D eigenvalue weighted by Crippen LogP contribution is 2.25. The lowest BCUT2D eigenvalue weighted by Gasteiger charge is -2.36. The molecule has 0 amide bonds. The number of hydrogen-bond acceptors (Lipinski definition) is 1. The summed E-state index contributed by atoms with van der Waals surface area (Å²) >= 11 is 0. The van der Waals surface area contributed by atoms with Gasteiger partial charge in [-0.2, -0.15) is 0 Å². The van der Waals surface area contributed by atoms with Gasteiger partial charge in [-0.25, -0.2) is 0 Å². The largest absolute Gasteiger partial charge is 0.314 e. The Kier molecular flexibility index (Phi) is 5.23. The summed E-state index contributed by atoms with van der Waals surface area (Å²) in [4.78, 5) is 0. The van der Waals surface area contributed by atoms with Crippen molar-refractivity contribution in [2.24, 2.45) is 5.92 Å². The maximum atomic E-state index is 3.45. The van der Waals surface area contributed by atoms with Crippen LogP contribution in [0, 0.1) is 5.92 Å². The second kappa shape index (κ2) is 5.36. The van der Waals surface area contributed by atoms with Crippen LogP contribution in [0.2, 0.25) is 0 Å². The monoisotopic (exact) mass is 169 g/mol. The van der Waals surface area contributed by atoms with Crippen LogP contribution in [-0.4, -0.2) is 12.6 Å². The molecule has 1 nitrogen and oxygen atoms in total. The normalized spacial score (nSPS) is 15.4. The molecule has 0 rings (SSSR count). The van der Waals surface area contributed by atoms with Crippen LogP contribution in [0.25, 0.3) is 0 Å². The van der Waals surface area contributed by atoms with E-state index in [2.05, 4.69) is 52.2 Å².